The zero-order chi connectivity index (χ0) is 14.7. The van der Waals surface area contributed by atoms with Crippen LogP contribution in [0.1, 0.15) is 19.8 Å². The van der Waals surface area contributed by atoms with Crippen molar-refractivity contribution in [3.05, 3.63) is 33.3 Å². The van der Waals surface area contributed by atoms with E-state index in [0.717, 1.165) is 13.0 Å². The van der Waals surface area contributed by atoms with Crippen molar-refractivity contribution in [3.8, 4) is 0 Å². The van der Waals surface area contributed by atoms with Crippen molar-refractivity contribution in [1.29, 1.82) is 0 Å². The molecule has 1 atom stereocenters. The van der Waals surface area contributed by atoms with Gasteiger partial charge in [0.15, 0.2) is 0 Å². The van der Waals surface area contributed by atoms with E-state index in [0.29, 0.717) is 23.7 Å². The Morgan fingerprint density at radius 3 is 2.95 bits per heavy atom. The van der Waals surface area contributed by atoms with Crippen molar-refractivity contribution in [2.75, 3.05) is 18.0 Å². The summed E-state index contributed by atoms with van der Waals surface area (Å²) in [5.74, 6) is -0.0825. The molecule has 1 aromatic rings. The molecule has 20 heavy (non-hydrogen) atoms. The van der Waals surface area contributed by atoms with E-state index in [-0.39, 0.29) is 17.6 Å². The third kappa shape index (κ3) is 2.91. The van der Waals surface area contributed by atoms with Crippen LogP contribution >= 0.6 is 11.6 Å². The quantitative estimate of drug-likeness (QED) is 0.668. The lowest BCUT2D eigenvalue weighted by atomic mass is 10.2. The summed E-state index contributed by atoms with van der Waals surface area (Å²) in [5, 5.41) is 14.3. The number of non-ortho nitro benzene ring substituents is 1. The van der Waals surface area contributed by atoms with E-state index in [9.17, 15) is 14.9 Å². The van der Waals surface area contributed by atoms with E-state index in [1.165, 1.54) is 23.1 Å². The van der Waals surface area contributed by atoms with Crippen LogP contribution in [0.5, 0.6) is 0 Å². The van der Waals surface area contributed by atoms with E-state index >= 15 is 0 Å². The number of rotatable bonds is 5. The standard InChI is InChI=1S/C13H16ClN3O3/c1-2-6-15-11-5-7-16(13(11)18)12-8-9(17(19)20)3-4-10(12)14/h3-4,8,11,15H,2,5-7H2,1H3. The molecule has 1 N–H and O–H groups in total. The summed E-state index contributed by atoms with van der Waals surface area (Å²) in [5.41, 5.74) is 0.342. The van der Waals surface area contributed by atoms with Gasteiger partial charge in [-0.1, -0.05) is 18.5 Å². The first-order valence-corrected chi connectivity index (χ1v) is 6.91. The largest absolute Gasteiger partial charge is 0.309 e. The van der Waals surface area contributed by atoms with E-state index in [2.05, 4.69) is 5.32 Å². The van der Waals surface area contributed by atoms with Crippen molar-refractivity contribution < 1.29 is 9.72 Å². The molecular formula is C13H16ClN3O3. The van der Waals surface area contributed by atoms with Crippen molar-refractivity contribution in [3.63, 3.8) is 0 Å². The van der Waals surface area contributed by atoms with Crippen LogP contribution in [-0.2, 0) is 4.79 Å². The number of nitrogens with zero attached hydrogens (tertiary/aromatic N) is 2. The van der Waals surface area contributed by atoms with Crippen LogP contribution in [0.2, 0.25) is 5.02 Å². The Bertz CT molecular complexity index is 536. The second kappa shape index (κ2) is 6.19. The molecule has 7 heteroatoms. The Morgan fingerprint density at radius 2 is 2.30 bits per heavy atom. The first kappa shape index (κ1) is 14.7. The molecule has 1 aliphatic rings. The predicted octanol–water partition coefficient (Wildman–Crippen LogP) is 2.35. The maximum Gasteiger partial charge on any atom is 0.271 e. The van der Waals surface area contributed by atoms with Crippen molar-refractivity contribution in [2.24, 2.45) is 0 Å². The molecular weight excluding hydrogens is 282 g/mol. The number of hydrogen-bond donors (Lipinski definition) is 1. The summed E-state index contributed by atoms with van der Waals surface area (Å²) in [7, 11) is 0. The van der Waals surface area contributed by atoms with E-state index in [1.807, 2.05) is 6.92 Å². The fourth-order valence-corrected chi connectivity index (χ4v) is 2.47. The van der Waals surface area contributed by atoms with Gasteiger partial charge < -0.3 is 10.2 Å². The summed E-state index contributed by atoms with van der Waals surface area (Å²) in [4.78, 5) is 24.1. The molecule has 1 amide bonds. The number of carbonyl (C=O) groups excluding carboxylic acids is 1. The van der Waals surface area contributed by atoms with Gasteiger partial charge in [-0.3, -0.25) is 14.9 Å². The minimum Gasteiger partial charge on any atom is -0.309 e. The molecule has 1 unspecified atom stereocenters. The Labute approximate surface area is 121 Å². The number of nitro groups is 1. The van der Waals surface area contributed by atoms with E-state index in [4.69, 9.17) is 11.6 Å². The van der Waals surface area contributed by atoms with Gasteiger partial charge >= 0.3 is 0 Å². The summed E-state index contributed by atoms with van der Waals surface area (Å²) < 4.78 is 0. The zero-order valence-electron chi connectivity index (χ0n) is 11.1. The van der Waals surface area contributed by atoms with Crippen molar-refractivity contribution >= 4 is 28.9 Å². The molecule has 0 aliphatic carbocycles. The fourth-order valence-electron chi connectivity index (χ4n) is 2.25. The minimum atomic E-state index is -0.493. The lowest BCUT2D eigenvalue weighted by Gasteiger charge is -2.18. The smallest absolute Gasteiger partial charge is 0.271 e. The van der Waals surface area contributed by atoms with Gasteiger partial charge in [-0.25, -0.2) is 0 Å². The van der Waals surface area contributed by atoms with Crippen LogP contribution in [0, 0.1) is 10.1 Å². The zero-order valence-corrected chi connectivity index (χ0v) is 11.9. The molecule has 1 heterocycles. The van der Waals surface area contributed by atoms with Crippen LogP contribution in [0.15, 0.2) is 18.2 Å². The number of amides is 1. The summed E-state index contributed by atoms with van der Waals surface area (Å²) >= 11 is 6.06. The highest BCUT2D eigenvalue weighted by Crippen LogP contribution is 2.32. The molecule has 1 aromatic carbocycles. The first-order chi connectivity index (χ1) is 9.54. The number of nitrogens with one attached hydrogen (secondary N) is 1. The molecule has 1 saturated heterocycles. The average molecular weight is 298 g/mol. The van der Waals surface area contributed by atoms with E-state index < -0.39 is 4.92 Å². The van der Waals surface area contributed by atoms with Crippen molar-refractivity contribution in [1.82, 2.24) is 5.32 Å². The third-order valence-electron chi connectivity index (χ3n) is 3.28. The fraction of sp³-hybridized carbons (Fsp3) is 0.462. The molecule has 0 aromatic heterocycles. The molecule has 1 aliphatic heterocycles. The number of anilines is 1. The van der Waals surface area contributed by atoms with Gasteiger partial charge in [0.2, 0.25) is 5.91 Å². The lowest BCUT2D eigenvalue weighted by Crippen LogP contribution is -2.38. The molecule has 108 valence electrons. The molecule has 6 nitrogen and oxygen atoms in total. The van der Waals surface area contributed by atoms with Crippen LogP contribution in [0.3, 0.4) is 0 Å². The Morgan fingerprint density at radius 1 is 1.55 bits per heavy atom. The van der Waals surface area contributed by atoms with Gasteiger partial charge in [-0.05, 0) is 25.5 Å². The first-order valence-electron chi connectivity index (χ1n) is 6.53. The summed E-state index contributed by atoms with van der Waals surface area (Å²) in [6.07, 6.45) is 1.62. The topological polar surface area (TPSA) is 75.5 Å². The van der Waals surface area contributed by atoms with Crippen LogP contribution in [-0.4, -0.2) is 30.0 Å². The normalized spacial score (nSPS) is 18.6. The van der Waals surface area contributed by atoms with Gasteiger partial charge in [0, 0.05) is 18.7 Å². The highest BCUT2D eigenvalue weighted by Gasteiger charge is 2.33. The second-order valence-corrected chi connectivity index (χ2v) is 5.09. The maximum absolute atomic E-state index is 12.3. The minimum absolute atomic E-state index is 0.0674. The third-order valence-corrected chi connectivity index (χ3v) is 3.60. The number of halogens is 1. The number of benzene rings is 1. The number of nitro benzene ring substituents is 1. The van der Waals surface area contributed by atoms with Gasteiger partial charge in [0.1, 0.15) is 0 Å². The summed E-state index contributed by atoms with van der Waals surface area (Å²) in [6, 6.07) is 3.90. The Kier molecular flexibility index (Phi) is 4.57. The van der Waals surface area contributed by atoms with Gasteiger partial charge in [-0.2, -0.15) is 0 Å². The van der Waals surface area contributed by atoms with Gasteiger partial charge in [0.05, 0.1) is 21.7 Å². The van der Waals surface area contributed by atoms with Gasteiger partial charge in [0.25, 0.3) is 5.69 Å². The van der Waals surface area contributed by atoms with Gasteiger partial charge in [-0.15, -0.1) is 0 Å². The second-order valence-electron chi connectivity index (χ2n) is 4.68. The van der Waals surface area contributed by atoms with Crippen LogP contribution in [0.4, 0.5) is 11.4 Å². The summed E-state index contributed by atoms with van der Waals surface area (Å²) in [6.45, 7) is 3.32. The molecule has 0 radical (unpaired) electrons. The average Bonchev–Trinajstić information content (AvgIpc) is 2.78. The predicted molar refractivity (Wildman–Crippen MR) is 77.2 cm³/mol. The van der Waals surface area contributed by atoms with Crippen LogP contribution in [0.25, 0.3) is 0 Å². The highest BCUT2D eigenvalue weighted by atomic mass is 35.5. The number of hydrogen-bond acceptors (Lipinski definition) is 4. The monoisotopic (exact) mass is 297 g/mol. The van der Waals surface area contributed by atoms with Crippen molar-refractivity contribution in [2.45, 2.75) is 25.8 Å². The highest BCUT2D eigenvalue weighted by molar-refractivity contribution is 6.34. The Balaban J connectivity index is 2.22. The molecule has 1 fully saturated rings. The maximum atomic E-state index is 12.3. The van der Waals surface area contributed by atoms with Crippen LogP contribution < -0.4 is 10.2 Å². The molecule has 0 bridgehead atoms. The lowest BCUT2D eigenvalue weighted by molar-refractivity contribution is -0.384. The van der Waals surface area contributed by atoms with E-state index in [1.54, 1.807) is 0 Å². The molecule has 0 saturated carbocycles. The Hall–Kier alpha value is -1.66. The molecule has 0 spiro atoms. The number of carbonyl (C=O) groups is 1. The molecule has 2 rings (SSSR count). The SMILES string of the molecule is CCCNC1CCN(c2cc([N+](=O)[O-])ccc2Cl)C1=O.